The Balaban J connectivity index is 1.48. The van der Waals surface area contributed by atoms with Crippen LogP contribution in [0.3, 0.4) is 0 Å². The molecular weight excluding hydrogens is 344 g/mol. The average molecular weight is 389 g/mol. The predicted molar refractivity (Wildman–Crippen MR) is 116 cm³/mol. The Bertz CT molecular complexity index is 612. The standard InChI is InChI=1S/C26H44O2/c1-17(10-13-24(2,3)27)22-8-9-23-21-7-6-18-16-25(4,28)14-11-19(18)20(21)12-15-26(22,23)5/h6,17,19-23,27-28H,7-16H2,1-5H3. The monoisotopic (exact) mass is 388 g/mol. The highest BCUT2D eigenvalue weighted by Gasteiger charge is 2.56. The van der Waals surface area contributed by atoms with E-state index in [2.05, 4.69) is 19.9 Å². The molecule has 0 aromatic heterocycles. The molecule has 0 aliphatic heterocycles. The summed E-state index contributed by atoms with van der Waals surface area (Å²) >= 11 is 0. The van der Waals surface area contributed by atoms with E-state index in [1.54, 1.807) is 5.57 Å². The molecule has 2 N–H and O–H groups in total. The van der Waals surface area contributed by atoms with Crippen LogP contribution in [0, 0.1) is 40.9 Å². The van der Waals surface area contributed by atoms with Gasteiger partial charge in [0.2, 0.25) is 0 Å². The Morgan fingerprint density at radius 2 is 1.86 bits per heavy atom. The van der Waals surface area contributed by atoms with E-state index in [9.17, 15) is 10.2 Å². The molecule has 0 bridgehead atoms. The summed E-state index contributed by atoms with van der Waals surface area (Å²) in [5, 5.41) is 20.7. The average Bonchev–Trinajstić information content (AvgIpc) is 2.95. The van der Waals surface area contributed by atoms with Gasteiger partial charge in [-0.2, -0.15) is 0 Å². The summed E-state index contributed by atoms with van der Waals surface area (Å²) < 4.78 is 0. The summed E-state index contributed by atoms with van der Waals surface area (Å²) in [4.78, 5) is 0. The zero-order valence-corrected chi connectivity index (χ0v) is 19.0. The third-order valence-electron chi connectivity index (χ3n) is 9.69. The fourth-order valence-electron chi connectivity index (χ4n) is 8.22. The van der Waals surface area contributed by atoms with Crippen molar-refractivity contribution >= 4 is 0 Å². The smallest absolute Gasteiger partial charge is 0.0657 e. The van der Waals surface area contributed by atoms with E-state index in [-0.39, 0.29) is 0 Å². The molecule has 4 rings (SSSR count). The van der Waals surface area contributed by atoms with Crippen LogP contribution in [0.25, 0.3) is 0 Å². The predicted octanol–water partition coefficient (Wildman–Crippen LogP) is 6.11. The number of fused-ring (bicyclic) bond motifs is 5. The molecule has 0 spiro atoms. The minimum atomic E-state index is -0.530. The van der Waals surface area contributed by atoms with Crippen LogP contribution in [0.15, 0.2) is 11.6 Å². The molecule has 3 saturated carbocycles. The van der Waals surface area contributed by atoms with E-state index in [1.807, 2.05) is 20.8 Å². The molecule has 0 radical (unpaired) electrons. The lowest BCUT2D eigenvalue weighted by Crippen LogP contribution is -2.48. The normalized spacial score (nSPS) is 47.0. The first kappa shape index (κ1) is 20.9. The molecule has 4 aliphatic rings. The molecule has 8 unspecified atom stereocenters. The van der Waals surface area contributed by atoms with Gasteiger partial charge >= 0.3 is 0 Å². The molecule has 28 heavy (non-hydrogen) atoms. The molecule has 8 atom stereocenters. The Morgan fingerprint density at radius 3 is 2.57 bits per heavy atom. The largest absolute Gasteiger partial charge is 0.390 e. The molecule has 2 heteroatoms. The summed E-state index contributed by atoms with van der Waals surface area (Å²) in [6.45, 7) is 11.0. The van der Waals surface area contributed by atoms with Crippen LogP contribution in [0.2, 0.25) is 0 Å². The first-order chi connectivity index (χ1) is 13.0. The Hall–Kier alpha value is -0.340. The highest BCUT2D eigenvalue weighted by Crippen LogP contribution is 2.65. The number of rotatable bonds is 4. The topological polar surface area (TPSA) is 40.5 Å². The third-order valence-corrected chi connectivity index (χ3v) is 9.69. The first-order valence-corrected chi connectivity index (χ1v) is 12.1. The second-order valence-electron chi connectivity index (χ2n) is 12.3. The Kier molecular flexibility index (Phi) is 5.32. The van der Waals surface area contributed by atoms with Crippen molar-refractivity contribution < 1.29 is 10.2 Å². The molecule has 160 valence electrons. The van der Waals surface area contributed by atoms with Crippen LogP contribution in [0.5, 0.6) is 0 Å². The zero-order valence-electron chi connectivity index (χ0n) is 19.0. The van der Waals surface area contributed by atoms with Gasteiger partial charge in [-0.25, -0.2) is 0 Å². The summed E-state index contributed by atoms with van der Waals surface area (Å²) in [5.74, 6) is 4.95. The van der Waals surface area contributed by atoms with Gasteiger partial charge in [0.1, 0.15) is 0 Å². The lowest BCUT2D eigenvalue weighted by molar-refractivity contribution is -0.0422. The summed E-state index contributed by atoms with van der Waals surface area (Å²) in [6.07, 6.45) is 14.6. The first-order valence-electron chi connectivity index (χ1n) is 12.1. The van der Waals surface area contributed by atoms with Crippen LogP contribution in [-0.2, 0) is 0 Å². The van der Waals surface area contributed by atoms with E-state index < -0.39 is 11.2 Å². The lowest BCUT2D eigenvalue weighted by atomic mass is 9.50. The van der Waals surface area contributed by atoms with Crippen molar-refractivity contribution in [1.29, 1.82) is 0 Å². The molecular formula is C26H44O2. The lowest BCUT2D eigenvalue weighted by Gasteiger charge is -2.55. The van der Waals surface area contributed by atoms with E-state index in [0.29, 0.717) is 5.41 Å². The van der Waals surface area contributed by atoms with Gasteiger partial charge in [0.15, 0.2) is 0 Å². The van der Waals surface area contributed by atoms with Crippen LogP contribution in [0.1, 0.15) is 98.8 Å². The highest BCUT2D eigenvalue weighted by atomic mass is 16.3. The maximum absolute atomic E-state index is 10.5. The quantitative estimate of drug-likeness (QED) is 0.570. The van der Waals surface area contributed by atoms with Crippen LogP contribution >= 0.6 is 0 Å². The summed E-state index contributed by atoms with van der Waals surface area (Å²) in [7, 11) is 0. The van der Waals surface area contributed by atoms with Crippen molar-refractivity contribution in [3.05, 3.63) is 11.6 Å². The number of allylic oxidation sites excluding steroid dienone is 1. The van der Waals surface area contributed by atoms with E-state index in [1.165, 1.54) is 38.5 Å². The minimum absolute atomic E-state index is 0.466. The fourth-order valence-corrected chi connectivity index (χ4v) is 8.22. The van der Waals surface area contributed by atoms with Gasteiger partial charge in [-0.05, 0) is 126 Å². The van der Waals surface area contributed by atoms with Crippen molar-refractivity contribution in [2.75, 3.05) is 0 Å². The van der Waals surface area contributed by atoms with Crippen molar-refractivity contribution in [2.24, 2.45) is 40.9 Å². The molecule has 0 saturated heterocycles. The molecule has 0 aromatic carbocycles. The van der Waals surface area contributed by atoms with Gasteiger partial charge in [0.25, 0.3) is 0 Å². The summed E-state index contributed by atoms with van der Waals surface area (Å²) in [5.41, 5.74) is 1.10. The molecule has 2 nitrogen and oxygen atoms in total. The Labute approximate surface area is 173 Å². The maximum Gasteiger partial charge on any atom is 0.0657 e. The van der Waals surface area contributed by atoms with Gasteiger partial charge < -0.3 is 10.2 Å². The molecule has 4 aliphatic carbocycles. The van der Waals surface area contributed by atoms with Gasteiger partial charge in [0.05, 0.1) is 11.2 Å². The molecule has 0 amide bonds. The van der Waals surface area contributed by atoms with Crippen molar-refractivity contribution in [3.8, 4) is 0 Å². The van der Waals surface area contributed by atoms with E-state index in [0.717, 1.165) is 61.2 Å². The second-order valence-corrected chi connectivity index (χ2v) is 12.3. The van der Waals surface area contributed by atoms with Gasteiger partial charge in [0, 0.05) is 0 Å². The highest BCUT2D eigenvalue weighted by molar-refractivity contribution is 5.21. The van der Waals surface area contributed by atoms with Crippen LogP contribution < -0.4 is 0 Å². The van der Waals surface area contributed by atoms with Crippen molar-refractivity contribution in [2.45, 2.75) is 110 Å². The van der Waals surface area contributed by atoms with Gasteiger partial charge in [-0.3, -0.25) is 0 Å². The van der Waals surface area contributed by atoms with Crippen molar-refractivity contribution in [3.63, 3.8) is 0 Å². The summed E-state index contributed by atoms with van der Waals surface area (Å²) in [6, 6.07) is 0. The zero-order chi connectivity index (χ0) is 20.3. The van der Waals surface area contributed by atoms with Gasteiger partial charge in [-0.1, -0.05) is 25.5 Å². The number of aliphatic hydroxyl groups is 2. The minimum Gasteiger partial charge on any atom is -0.390 e. The number of hydrogen-bond acceptors (Lipinski definition) is 2. The van der Waals surface area contributed by atoms with Gasteiger partial charge in [-0.15, -0.1) is 0 Å². The van der Waals surface area contributed by atoms with E-state index in [4.69, 9.17) is 0 Å². The van der Waals surface area contributed by atoms with Crippen LogP contribution in [0.4, 0.5) is 0 Å². The molecule has 0 aromatic rings. The van der Waals surface area contributed by atoms with Crippen LogP contribution in [-0.4, -0.2) is 21.4 Å². The van der Waals surface area contributed by atoms with Crippen molar-refractivity contribution in [1.82, 2.24) is 0 Å². The van der Waals surface area contributed by atoms with E-state index >= 15 is 0 Å². The number of hydrogen-bond donors (Lipinski definition) is 2. The molecule has 3 fully saturated rings. The fraction of sp³-hybridized carbons (Fsp3) is 0.923. The maximum atomic E-state index is 10.5. The third kappa shape index (κ3) is 3.73. The second kappa shape index (κ2) is 7.12. The molecule has 0 heterocycles. The Morgan fingerprint density at radius 1 is 1.11 bits per heavy atom. The SMILES string of the molecule is CC(CCC(C)(C)O)C1CCC2C3CC=C4CC(C)(O)CCC4C3CCC12C.